The average Bonchev–Trinajstić information content (AvgIpc) is 2.96. The molecule has 3 rings (SSSR count). The van der Waals surface area contributed by atoms with Crippen LogP contribution in [0.3, 0.4) is 0 Å². The van der Waals surface area contributed by atoms with Crippen LogP contribution in [-0.4, -0.2) is 23.9 Å². The average molecular weight is 202 g/mol. The molecule has 0 bridgehead atoms. The number of ketones is 1. The van der Waals surface area contributed by atoms with Crippen LogP contribution in [0.25, 0.3) is 0 Å². The molecule has 0 amide bonds. The molecule has 0 aromatic carbocycles. The molecule has 0 unspecified atom stereocenters. The van der Waals surface area contributed by atoms with Crippen LogP contribution in [-0.2, 0) is 4.79 Å². The summed E-state index contributed by atoms with van der Waals surface area (Å²) in [5, 5.41) is 0. The van der Waals surface area contributed by atoms with E-state index in [-0.39, 0.29) is 0 Å². The Morgan fingerprint density at radius 1 is 1.40 bits per heavy atom. The van der Waals surface area contributed by atoms with Crippen molar-refractivity contribution in [1.29, 1.82) is 0 Å². The molecule has 3 heteroatoms. The van der Waals surface area contributed by atoms with Crippen molar-refractivity contribution in [2.45, 2.75) is 25.7 Å². The summed E-state index contributed by atoms with van der Waals surface area (Å²) in [7, 11) is 0. The number of nitrogens with zero attached hydrogens (tertiary/aromatic N) is 2. The number of aromatic nitrogens is 1. The standard InChI is InChI=1S/C12H14N2O/c1-8-4-11(9-2-3-9)12(13-5-8)14-6-10(15)7-14/h4-5,9H,2-3,6-7H2,1H3. The third kappa shape index (κ3) is 1.52. The van der Waals surface area contributed by atoms with Crippen LogP contribution in [0.4, 0.5) is 5.82 Å². The van der Waals surface area contributed by atoms with Crippen molar-refractivity contribution < 1.29 is 4.79 Å². The molecule has 0 radical (unpaired) electrons. The smallest absolute Gasteiger partial charge is 0.171 e. The third-order valence-electron chi connectivity index (χ3n) is 3.08. The van der Waals surface area contributed by atoms with Gasteiger partial charge in [0.2, 0.25) is 0 Å². The first-order valence-corrected chi connectivity index (χ1v) is 5.47. The summed E-state index contributed by atoms with van der Waals surface area (Å²) in [5.41, 5.74) is 2.56. The summed E-state index contributed by atoms with van der Waals surface area (Å²) >= 11 is 0. The summed E-state index contributed by atoms with van der Waals surface area (Å²) in [5.74, 6) is 2.06. The van der Waals surface area contributed by atoms with Crippen molar-refractivity contribution in [3.8, 4) is 0 Å². The van der Waals surface area contributed by atoms with Crippen LogP contribution >= 0.6 is 0 Å². The lowest BCUT2D eigenvalue weighted by molar-refractivity contribution is -0.119. The summed E-state index contributed by atoms with van der Waals surface area (Å²) in [6, 6.07) is 2.22. The molecule has 1 aliphatic heterocycles. The Bertz CT molecular complexity index is 416. The van der Waals surface area contributed by atoms with Crippen molar-refractivity contribution in [3.63, 3.8) is 0 Å². The first kappa shape index (κ1) is 8.89. The van der Waals surface area contributed by atoms with Gasteiger partial charge in [-0.15, -0.1) is 0 Å². The van der Waals surface area contributed by atoms with Crippen LogP contribution in [0.15, 0.2) is 12.3 Å². The van der Waals surface area contributed by atoms with Gasteiger partial charge in [-0.05, 0) is 36.8 Å². The van der Waals surface area contributed by atoms with Gasteiger partial charge >= 0.3 is 0 Å². The zero-order valence-electron chi connectivity index (χ0n) is 8.86. The molecular weight excluding hydrogens is 188 g/mol. The van der Waals surface area contributed by atoms with E-state index in [9.17, 15) is 4.79 Å². The monoisotopic (exact) mass is 202 g/mol. The molecule has 15 heavy (non-hydrogen) atoms. The highest BCUT2D eigenvalue weighted by atomic mass is 16.1. The van der Waals surface area contributed by atoms with Gasteiger partial charge in [0.1, 0.15) is 5.82 Å². The highest BCUT2D eigenvalue weighted by Crippen LogP contribution is 2.44. The van der Waals surface area contributed by atoms with E-state index >= 15 is 0 Å². The zero-order valence-corrected chi connectivity index (χ0v) is 8.86. The fourth-order valence-electron chi connectivity index (χ4n) is 2.07. The van der Waals surface area contributed by atoms with Crippen LogP contribution in [0.5, 0.6) is 0 Å². The van der Waals surface area contributed by atoms with Gasteiger partial charge in [-0.1, -0.05) is 6.07 Å². The van der Waals surface area contributed by atoms with Crippen LogP contribution in [0.2, 0.25) is 0 Å². The SMILES string of the molecule is Cc1cnc(N2CC(=O)C2)c(C2CC2)c1. The van der Waals surface area contributed by atoms with Gasteiger partial charge in [0.25, 0.3) is 0 Å². The minimum Gasteiger partial charge on any atom is -0.342 e. The number of carbonyl (C=O) groups excluding carboxylic acids is 1. The molecule has 1 aromatic rings. The molecule has 1 aromatic heterocycles. The summed E-state index contributed by atoms with van der Waals surface area (Å²) < 4.78 is 0. The molecule has 1 aliphatic carbocycles. The van der Waals surface area contributed by atoms with Gasteiger partial charge < -0.3 is 4.90 Å². The number of pyridine rings is 1. The highest BCUT2D eigenvalue weighted by Gasteiger charge is 2.32. The number of rotatable bonds is 2. The van der Waals surface area contributed by atoms with Gasteiger partial charge in [0.05, 0.1) is 13.1 Å². The van der Waals surface area contributed by atoms with Crippen LogP contribution in [0.1, 0.15) is 29.9 Å². The Balaban J connectivity index is 1.95. The van der Waals surface area contributed by atoms with E-state index in [2.05, 4.69) is 22.9 Å². The lowest BCUT2D eigenvalue weighted by Gasteiger charge is -2.32. The second kappa shape index (κ2) is 3.05. The molecule has 0 atom stereocenters. The molecule has 78 valence electrons. The highest BCUT2D eigenvalue weighted by molar-refractivity contribution is 5.95. The van der Waals surface area contributed by atoms with E-state index in [1.807, 2.05) is 6.20 Å². The van der Waals surface area contributed by atoms with Crippen molar-refractivity contribution in [3.05, 3.63) is 23.4 Å². The molecular formula is C12H14N2O. The second-order valence-electron chi connectivity index (χ2n) is 4.59. The molecule has 2 aliphatic rings. The Hall–Kier alpha value is -1.38. The fraction of sp³-hybridized carbons (Fsp3) is 0.500. The predicted octanol–water partition coefficient (Wildman–Crippen LogP) is 1.66. The number of aryl methyl sites for hydroxylation is 1. The van der Waals surface area contributed by atoms with E-state index in [1.165, 1.54) is 24.0 Å². The van der Waals surface area contributed by atoms with Crippen molar-refractivity contribution in [1.82, 2.24) is 4.98 Å². The molecule has 3 nitrogen and oxygen atoms in total. The van der Waals surface area contributed by atoms with E-state index in [4.69, 9.17) is 0 Å². The zero-order chi connectivity index (χ0) is 10.4. The van der Waals surface area contributed by atoms with Gasteiger partial charge in [-0.3, -0.25) is 4.79 Å². The molecule has 2 heterocycles. The summed E-state index contributed by atoms with van der Waals surface area (Å²) in [4.78, 5) is 17.5. The Kier molecular flexibility index (Phi) is 1.81. The maximum absolute atomic E-state index is 11.0. The molecule has 2 fully saturated rings. The fourth-order valence-corrected chi connectivity index (χ4v) is 2.07. The Labute approximate surface area is 89.1 Å². The number of hydrogen-bond acceptors (Lipinski definition) is 3. The van der Waals surface area contributed by atoms with Gasteiger partial charge in [0.15, 0.2) is 5.78 Å². The molecule has 0 N–H and O–H groups in total. The topological polar surface area (TPSA) is 33.2 Å². The Morgan fingerprint density at radius 2 is 2.13 bits per heavy atom. The molecule has 0 spiro atoms. The van der Waals surface area contributed by atoms with E-state index < -0.39 is 0 Å². The van der Waals surface area contributed by atoms with Crippen molar-refractivity contribution in [2.24, 2.45) is 0 Å². The van der Waals surface area contributed by atoms with Crippen LogP contribution < -0.4 is 4.90 Å². The minimum absolute atomic E-state index is 0.319. The van der Waals surface area contributed by atoms with Crippen molar-refractivity contribution >= 4 is 11.6 Å². The van der Waals surface area contributed by atoms with E-state index in [0.29, 0.717) is 24.8 Å². The second-order valence-corrected chi connectivity index (χ2v) is 4.59. The number of Topliss-reactive ketones (excluding diaryl/α,β-unsaturated/α-hetero) is 1. The van der Waals surface area contributed by atoms with Gasteiger partial charge in [-0.2, -0.15) is 0 Å². The molecule has 1 saturated carbocycles. The lowest BCUT2D eigenvalue weighted by Crippen LogP contribution is -2.48. The van der Waals surface area contributed by atoms with E-state index in [0.717, 1.165) is 5.82 Å². The summed E-state index contributed by atoms with van der Waals surface area (Å²) in [6.07, 6.45) is 4.45. The minimum atomic E-state index is 0.319. The number of hydrogen-bond donors (Lipinski definition) is 0. The first-order chi connectivity index (χ1) is 7.24. The van der Waals surface area contributed by atoms with E-state index in [1.54, 1.807) is 0 Å². The Morgan fingerprint density at radius 3 is 2.73 bits per heavy atom. The molecule has 1 saturated heterocycles. The first-order valence-electron chi connectivity index (χ1n) is 5.47. The maximum Gasteiger partial charge on any atom is 0.171 e. The number of carbonyl (C=O) groups is 1. The van der Waals surface area contributed by atoms with Crippen molar-refractivity contribution in [2.75, 3.05) is 18.0 Å². The lowest BCUT2D eigenvalue weighted by atomic mass is 10.1. The maximum atomic E-state index is 11.0. The van der Waals surface area contributed by atoms with Gasteiger partial charge in [0, 0.05) is 6.20 Å². The van der Waals surface area contributed by atoms with Gasteiger partial charge in [-0.25, -0.2) is 4.98 Å². The third-order valence-corrected chi connectivity index (χ3v) is 3.08. The largest absolute Gasteiger partial charge is 0.342 e. The quantitative estimate of drug-likeness (QED) is 0.731. The van der Waals surface area contributed by atoms with Crippen LogP contribution in [0, 0.1) is 6.92 Å². The number of anilines is 1. The summed E-state index contributed by atoms with van der Waals surface area (Å²) in [6.45, 7) is 3.18. The normalized spacial score (nSPS) is 20.3. The predicted molar refractivity (Wildman–Crippen MR) is 58.2 cm³/mol.